The molecule has 7 heteroatoms. The van der Waals surface area contributed by atoms with Crippen molar-refractivity contribution in [1.29, 1.82) is 0 Å². The molecule has 2 aromatic rings. The van der Waals surface area contributed by atoms with E-state index in [0.29, 0.717) is 16.9 Å². The third kappa shape index (κ3) is 4.18. The fraction of sp³-hybridized carbons (Fsp3) is 0.353. The second-order valence-electron chi connectivity index (χ2n) is 5.60. The fourth-order valence-corrected chi connectivity index (χ4v) is 2.29. The van der Waals surface area contributed by atoms with Crippen molar-refractivity contribution in [2.24, 2.45) is 7.05 Å². The molecule has 1 aromatic carbocycles. The number of nitrogens with one attached hydrogen (secondary N) is 1. The van der Waals surface area contributed by atoms with Gasteiger partial charge in [-0.3, -0.25) is 14.3 Å². The lowest BCUT2D eigenvalue weighted by molar-refractivity contribution is -0.152. The predicted octanol–water partition coefficient (Wildman–Crippen LogP) is 2.29. The van der Waals surface area contributed by atoms with Crippen molar-refractivity contribution in [3.8, 4) is 0 Å². The topological polar surface area (TPSA) is 73.2 Å². The smallest absolute Gasteiger partial charge is 0.311 e. The SMILES string of the molecule is Cc1nn(C)c(C)c1NC(=O)[C@@H](C)OC(=O)Cc1cccc(F)c1. The Labute approximate surface area is 139 Å². The molecule has 0 saturated carbocycles. The highest BCUT2D eigenvalue weighted by Gasteiger charge is 2.21. The van der Waals surface area contributed by atoms with Gasteiger partial charge in [0.05, 0.1) is 23.5 Å². The molecule has 128 valence electrons. The quantitative estimate of drug-likeness (QED) is 0.852. The summed E-state index contributed by atoms with van der Waals surface area (Å²) in [6.45, 7) is 5.10. The molecule has 1 atom stereocenters. The molecule has 0 unspecified atom stereocenters. The van der Waals surface area contributed by atoms with Gasteiger partial charge >= 0.3 is 5.97 Å². The summed E-state index contributed by atoms with van der Waals surface area (Å²) in [4.78, 5) is 24.1. The number of ether oxygens (including phenoxy) is 1. The van der Waals surface area contributed by atoms with Crippen LogP contribution in [0.3, 0.4) is 0 Å². The van der Waals surface area contributed by atoms with Crippen molar-refractivity contribution >= 4 is 17.6 Å². The summed E-state index contributed by atoms with van der Waals surface area (Å²) in [5, 5.41) is 6.92. The second kappa shape index (κ2) is 7.25. The molecule has 1 aromatic heterocycles. The van der Waals surface area contributed by atoms with Gasteiger partial charge in [0.1, 0.15) is 5.82 Å². The van der Waals surface area contributed by atoms with E-state index in [1.165, 1.54) is 25.1 Å². The molecule has 0 spiro atoms. The molecule has 0 aliphatic rings. The van der Waals surface area contributed by atoms with Gasteiger partial charge in [0.25, 0.3) is 5.91 Å². The minimum absolute atomic E-state index is 0.0969. The summed E-state index contributed by atoms with van der Waals surface area (Å²) in [5.41, 5.74) is 2.59. The number of carbonyl (C=O) groups is 2. The Kier molecular flexibility index (Phi) is 5.33. The van der Waals surface area contributed by atoms with Crippen LogP contribution in [-0.2, 0) is 27.8 Å². The molecule has 0 bridgehead atoms. The number of halogens is 1. The monoisotopic (exact) mass is 333 g/mol. The van der Waals surface area contributed by atoms with Crippen LogP contribution in [0.25, 0.3) is 0 Å². The Morgan fingerprint density at radius 1 is 1.38 bits per heavy atom. The van der Waals surface area contributed by atoms with E-state index < -0.39 is 23.8 Å². The van der Waals surface area contributed by atoms with Crippen molar-refractivity contribution in [1.82, 2.24) is 9.78 Å². The van der Waals surface area contributed by atoms with Crippen LogP contribution in [0.4, 0.5) is 10.1 Å². The molecule has 0 fully saturated rings. The van der Waals surface area contributed by atoms with Gasteiger partial charge in [0, 0.05) is 7.05 Å². The first-order valence-electron chi connectivity index (χ1n) is 7.53. The Hall–Kier alpha value is -2.70. The number of aryl methyl sites for hydroxylation is 2. The van der Waals surface area contributed by atoms with Gasteiger partial charge < -0.3 is 10.1 Å². The van der Waals surface area contributed by atoms with Crippen molar-refractivity contribution in [3.05, 3.63) is 47.0 Å². The maximum absolute atomic E-state index is 13.1. The van der Waals surface area contributed by atoms with Crippen LogP contribution in [-0.4, -0.2) is 27.8 Å². The van der Waals surface area contributed by atoms with Gasteiger partial charge in [0.2, 0.25) is 0 Å². The van der Waals surface area contributed by atoms with E-state index in [2.05, 4.69) is 10.4 Å². The molecule has 0 aliphatic heterocycles. The van der Waals surface area contributed by atoms with E-state index in [4.69, 9.17) is 4.74 Å². The molecule has 1 amide bonds. The lowest BCUT2D eigenvalue weighted by Crippen LogP contribution is -2.30. The molecule has 1 heterocycles. The normalized spacial score (nSPS) is 11.9. The average Bonchev–Trinajstić information content (AvgIpc) is 2.73. The van der Waals surface area contributed by atoms with E-state index in [-0.39, 0.29) is 6.42 Å². The highest BCUT2D eigenvalue weighted by molar-refractivity contribution is 5.96. The number of nitrogens with zero attached hydrogens (tertiary/aromatic N) is 2. The number of esters is 1. The number of anilines is 1. The summed E-state index contributed by atoms with van der Waals surface area (Å²) in [5.74, 6) is -1.46. The molecular weight excluding hydrogens is 313 g/mol. The standard InChI is InChI=1S/C17H20FN3O3/c1-10-16(11(2)21(4)20-10)19-17(23)12(3)24-15(22)9-13-6-5-7-14(18)8-13/h5-8,12H,9H2,1-4H3,(H,19,23)/t12-/m1/s1. The van der Waals surface area contributed by atoms with Gasteiger partial charge in [-0.25, -0.2) is 4.39 Å². The number of aromatic nitrogens is 2. The Bertz CT molecular complexity index is 770. The molecular formula is C17H20FN3O3. The minimum atomic E-state index is -0.968. The van der Waals surface area contributed by atoms with Crippen molar-refractivity contribution in [3.63, 3.8) is 0 Å². The largest absolute Gasteiger partial charge is 0.452 e. The first-order valence-corrected chi connectivity index (χ1v) is 7.53. The number of hydrogen-bond donors (Lipinski definition) is 1. The number of rotatable bonds is 5. The molecule has 6 nitrogen and oxygen atoms in total. The van der Waals surface area contributed by atoms with Crippen LogP contribution in [0.1, 0.15) is 23.9 Å². The maximum atomic E-state index is 13.1. The van der Waals surface area contributed by atoms with E-state index in [9.17, 15) is 14.0 Å². The van der Waals surface area contributed by atoms with E-state index in [0.717, 1.165) is 5.69 Å². The van der Waals surface area contributed by atoms with Crippen molar-refractivity contribution in [2.45, 2.75) is 33.3 Å². The van der Waals surface area contributed by atoms with Crippen LogP contribution in [0.2, 0.25) is 0 Å². The first kappa shape index (κ1) is 17.7. The van der Waals surface area contributed by atoms with Gasteiger partial charge in [-0.2, -0.15) is 5.10 Å². The van der Waals surface area contributed by atoms with E-state index in [1.54, 1.807) is 24.7 Å². The Balaban J connectivity index is 1.94. The zero-order valence-electron chi connectivity index (χ0n) is 14.1. The van der Waals surface area contributed by atoms with Crippen LogP contribution in [0.5, 0.6) is 0 Å². The van der Waals surface area contributed by atoms with Gasteiger partial charge in [-0.05, 0) is 38.5 Å². The number of amides is 1. The van der Waals surface area contributed by atoms with Crippen molar-refractivity contribution in [2.75, 3.05) is 5.32 Å². The average molecular weight is 333 g/mol. The van der Waals surface area contributed by atoms with Crippen LogP contribution in [0, 0.1) is 19.7 Å². The molecule has 24 heavy (non-hydrogen) atoms. The molecule has 0 saturated heterocycles. The number of carbonyl (C=O) groups excluding carboxylic acids is 2. The third-order valence-electron chi connectivity index (χ3n) is 3.67. The highest BCUT2D eigenvalue weighted by atomic mass is 19.1. The zero-order valence-corrected chi connectivity index (χ0v) is 14.1. The lowest BCUT2D eigenvalue weighted by atomic mass is 10.1. The van der Waals surface area contributed by atoms with E-state index in [1.807, 2.05) is 6.92 Å². The summed E-state index contributed by atoms with van der Waals surface area (Å²) in [6, 6.07) is 5.69. The van der Waals surface area contributed by atoms with Gasteiger partial charge in [-0.1, -0.05) is 12.1 Å². The zero-order chi connectivity index (χ0) is 17.9. The number of benzene rings is 1. The first-order chi connectivity index (χ1) is 11.3. The van der Waals surface area contributed by atoms with Gasteiger partial charge in [0.15, 0.2) is 6.10 Å². The number of hydrogen-bond acceptors (Lipinski definition) is 4. The summed E-state index contributed by atoms with van der Waals surface area (Å²) in [7, 11) is 1.78. The summed E-state index contributed by atoms with van der Waals surface area (Å²) >= 11 is 0. The van der Waals surface area contributed by atoms with Crippen LogP contribution < -0.4 is 5.32 Å². The molecule has 0 aliphatic carbocycles. The molecule has 2 rings (SSSR count). The highest BCUT2D eigenvalue weighted by Crippen LogP contribution is 2.18. The predicted molar refractivity (Wildman–Crippen MR) is 87.0 cm³/mol. The van der Waals surface area contributed by atoms with Crippen molar-refractivity contribution < 1.29 is 18.7 Å². The third-order valence-corrected chi connectivity index (χ3v) is 3.67. The maximum Gasteiger partial charge on any atom is 0.311 e. The lowest BCUT2D eigenvalue weighted by Gasteiger charge is -2.14. The Morgan fingerprint density at radius 3 is 2.67 bits per heavy atom. The summed E-state index contributed by atoms with van der Waals surface area (Å²) < 4.78 is 19.9. The second-order valence-corrected chi connectivity index (χ2v) is 5.60. The molecule has 0 radical (unpaired) electrons. The van der Waals surface area contributed by atoms with Crippen LogP contribution in [0.15, 0.2) is 24.3 Å². The molecule has 1 N–H and O–H groups in total. The van der Waals surface area contributed by atoms with Gasteiger partial charge in [-0.15, -0.1) is 0 Å². The van der Waals surface area contributed by atoms with E-state index >= 15 is 0 Å². The Morgan fingerprint density at radius 2 is 2.08 bits per heavy atom. The fourth-order valence-electron chi connectivity index (χ4n) is 2.29. The summed E-state index contributed by atoms with van der Waals surface area (Å²) in [6.07, 6.45) is -1.06. The minimum Gasteiger partial charge on any atom is -0.452 e. The van der Waals surface area contributed by atoms with Crippen LogP contribution >= 0.6 is 0 Å².